The number of nitrogens with one attached hydrogen (secondary N) is 1. The SMILES string of the molecule is CNC1CCC(C(C)C)CC1CN1CCSC(C)(C)CC1. The zero-order valence-corrected chi connectivity index (χ0v) is 15.6. The number of rotatable bonds is 4. The largest absolute Gasteiger partial charge is 0.317 e. The van der Waals surface area contributed by atoms with Crippen LogP contribution in [0, 0.1) is 17.8 Å². The van der Waals surface area contributed by atoms with E-state index in [1.807, 2.05) is 0 Å². The molecule has 0 bridgehead atoms. The molecule has 1 saturated carbocycles. The summed E-state index contributed by atoms with van der Waals surface area (Å²) in [5.41, 5.74) is 0. The first kappa shape index (κ1) is 17.6. The van der Waals surface area contributed by atoms with Crippen LogP contribution in [-0.2, 0) is 0 Å². The minimum atomic E-state index is 0.476. The third-order valence-electron chi connectivity index (χ3n) is 5.76. The van der Waals surface area contributed by atoms with Crippen LogP contribution in [0.3, 0.4) is 0 Å². The number of hydrogen-bond acceptors (Lipinski definition) is 3. The lowest BCUT2D eigenvalue weighted by Gasteiger charge is -2.40. The highest BCUT2D eigenvalue weighted by molar-refractivity contribution is 8.00. The lowest BCUT2D eigenvalue weighted by atomic mass is 9.73. The average molecular weight is 313 g/mol. The molecule has 3 unspecified atom stereocenters. The summed E-state index contributed by atoms with van der Waals surface area (Å²) in [6, 6.07) is 0.740. The van der Waals surface area contributed by atoms with Gasteiger partial charge in [0.15, 0.2) is 0 Å². The van der Waals surface area contributed by atoms with E-state index < -0.39 is 0 Å². The highest BCUT2D eigenvalue weighted by atomic mass is 32.2. The van der Waals surface area contributed by atoms with Crippen molar-refractivity contribution in [2.75, 3.05) is 32.4 Å². The Balaban J connectivity index is 1.91. The van der Waals surface area contributed by atoms with Gasteiger partial charge < -0.3 is 10.2 Å². The van der Waals surface area contributed by atoms with Gasteiger partial charge in [0.2, 0.25) is 0 Å². The van der Waals surface area contributed by atoms with Crippen molar-refractivity contribution in [3.8, 4) is 0 Å². The molecule has 1 aliphatic carbocycles. The summed E-state index contributed by atoms with van der Waals surface area (Å²) in [5.74, 6) is 3.95. The van der Waals surface area contributed by atoms with Gasteiger partial charge in [0, 0.05) is 29.6 Å². The van der Waals surface area contributed by atoms with Crippen LogP contribution in [0.5, 0.6) is 0 Å². The Hall–Kier alpha value is 0.270. The lowest BCUT2D eigenvalue weighted by Crippen LogP contribution is -2.45. The fourth-order valence-corrected chi connectivity index (χ4v) is 5.20. The van der Waals surface area contributed by atoms with Crippen molar-refractivity contribution in [3.05, 3.63) is 0 Å². The number of nitrogens with zero attached hydrogens (tertiary/aromatic N) is 1. The molecule has 2 fully saturated rings. The first-order valence-electron chi connectivity index (χ1n) is 8.95. The van der Waals surface area contributed by atoms with Gasteiger partial charge in [-0.1, -0.05) is 27.7 Å². The summed E-state index contributed by atoms with van der Waals surface area (Å²) in [6.07, 6.45) is 5.55. The zero-order chi connectivity index (χ0) is 15.5. The highest BCUT2D eigenvalue weighted by Crippen LogP contribution is 2.36. The standard InChI is InChI=1S/C18H36N2S/c1-14(2)15-6-7-17(19-5)16(12-15)13-20-9-8-18(3,4)21-11-10-20/h14-17,19H,6-13H2,1-5H3. The van der Waals surface area contributed by atoms with Crippen molar-refractivity contribution >= 4 is 11.8 Å². The van der Waals surface area contributed by atoms with Crippen molar-refractivity contribution in [2.45, 2.75) is 64.2 Å². The predicted molar refractivity (Wildman–Crippen MR) is 96.1 cm³/mol. The van der Waals surface area contributed by atoms with E-state index in [9.17, 15) is 0 Å². The zero-order valence-electron chi connectivity index (χ0n) is 14.8. The van der Waals surface area contributed by atoms with Crippen molar-refractivity contribution < 1.29 is 0 Å². The van der Waals surface area contributed by atoms with Gasteiger partial charge in [-0.05, 0) is 57.0 Å². The molecule has 1 N–H and O–H groups in total. The summed E-state index contributed by atoms with van der Waals surface area (Å²) in [7, 11) is 2.16. The minimum Gasteiger partial charge on any atom is -0.317 e. The maximum Gasteiger partial charge on any atom is 0.0116 e. The van der Waals surface area contributed by atoms with E-state index in [2.05, 4.69) is 56.7 Å². The van der Waals surface area contributed by atoms with Gasteiger partial charge in [0.1, 0.15) is 0 Å². The van der Waals surface area contributed by atoms with E-state index in [-0.39, 0.29) is 0 Å². The quantitative estimate of drug-likeness (QED) is 0.848. The van der Waals surface area contributed by atoms with E-state index >= 15 is 0 Å². The topological polar surface area (TPSA) is 15.3 Å². The molecule has 1 heterocycles. The maximum absolute atomic E-state index is 3.60. The Morgan fingerprint density at radius 3 is 2.67 bits per heavy atom. The molecule has 3 atom stereocenters. The van der Waals surface area contributed by atoms with Gasteiger partial charge in [0.05, 0.1) is 0 Å². The minimum absolute atomic E-state index is 0.476. The molecular weight excluding hydrogens is 276 g/mol. The third kappa shape index (κ3) is 5.14. The van der Waals surface area contributed by atoms with E-state index in [0.29, 0.717) is 4.75 Å². The Labute approximate surface area is 136 Å². The fraction of sp³-hybridized carbons (Fsp3) is 1.00. The second-order valence-electron chi connectivity index (χ2n) is 8.13. The molecule has 1 aliphatic heterocycles. The highest BCUT2D eigenvalue weighted by Gasteiger charge is 2.33. The fourth-order valence-electron chi connectivity index (χ4n) is 4.06. The molecule has 2 nitrogen and oxygen atoms in total. The normalized spacial score (nSPS) is 34.9. The van der Waals surface area contributed by atoms with Gasteiger partial charge in [-0.25, -0.2) is 0 Å². The van der Waals surface area contributed by atoms with Gasteiger partial charge in [0.25, 0.3) is 0 Å². The van der Waals surface area contributed by atoms with Crippen LogP contribution in [0.15, 0.2) is 0 Å². The second-order valence-corrected chi connectivity index (χ2v) is 9.93. The van der Waals surface area contributed by atoms with Crippen LogP contribution in [-0.4, -0.2) is 48.1 Å². The van der Waals surface area contributed by atoms with Crippen LogP contribution in [0.4, 0.5) is 0 Å². The molecular formula is C18H36N2S. The summed E-state index contributed by atoms with van der Waals surface area (Å²) in [5, 5.41) is 3.60. The van der Waals surface area contributed by atoms with Crippen LogP contribution in [0.2, 0.25) is 0 Å². The summed E-state index contributed by atoms with van der Waals surface area (Å²) in [4.78, 5) is 2.75. The maximum atomic E-state index is 3.60. The monoisotopic (exact) mass is 312 g/mol. The van der Waals surface area contributed by atoms with Crippen molar-refractivity contribution in [3.63, 3.8) is 0 Å². The van der Waals surface area contributed by atoms with Crippen molar-refractivity contribution in [1.29, 1.82) is 0 Å². The van der Waals surface area contributed by atoms with Gasteiger partial charge in [-0.15, -0.1) is 0 Å². The Kier molecular flexibility index (Phi) is 6.46. The molecule has 1 saturated heterocycles. The van der Waals surface area contributed by atoms with Gasteiger partial charge >= 0.3 is 0 Å². The molecule has 0 amide bonds. The summed E-state index contributed by atoms with van der Waals surface area (Å²) >= 11 is 2.16. The molecule has 0 radical (unpaired) electrons. The van der Waals surface area contributed by atoms with E-state index in [1.54, 1.807) is 0 Å². The Morgan fingerprint density at radius 1 is 1.24 bits per heavy atom. The van der Waals surface area contributed by atoms with Crippen LogP contribution < -0.4 is 5.32 Å². The average Bonchev–Trinajstić information content (AvgIpc) is 2.60. The molecule has 0 spiro atoms. The first-order chi connectivity index (χ1) is 9.91. The molecule has 21 heavy (non-hydrogen) atoms. The third-order valence-corrected chi connectivity index (χ3v) is 7.13. The molecule has 3 heteroatoms. The molecule has 0 aromatic rings. The first-order valence-corrected chi connectivity index (χ1v) is 9.93. The molecule has 2 aliphatic rings. The lowest BCUT2D eigenvalue weighted by molar-refractivity contribution is 0.127. The molecule has 124 valence electrons. The van der Waals surface area contributed by atoms with Crippen LogP contribution in [0.1, 0.15) is 53.4 Å². The van der Waals surface area contributed by atoms with Gasteiger partial charge in [-0.3, -0.25) is 0 Å². The van der Waals surface area contributed by atoms with E-state index in [0.717, 1.165) is 23.8 Å². The molecule has 0 aromatic carbocycles. The number of hydrogen-bond donors (Lipinski definition) is 1. The van der Waals surface area contributed by atoms with Crippen LogP contribution >= 0.6 is 11.8 Å². The van der Waals surface area contributed by atoms with Crippen molar-refractivity contribution in [2.24, 2.45) is 17.8 Å². The van der Waals surface area contributed by atoms with Crippen LogP contribution in [0.25, 0.3) is 0 Å². The Bertz CT molecular complexity index is 316. The van der Waals surface area contributed by atoms with Gasteiger partial charge in [-0.2, -0.15) is 11.8 Å². The van der Waals surface area contributed by atoms with Crippen molar-refractivity contribution in [1.82, 2.24) is 10.2 Å². The summed E-state index contributed by atoms with van der Waals surface area (Å²) < 4.78 is 0.476. The molecule has 2 rings (SSSR count). The Morgan fingerprint density at radius 2 is 2.00 bits per heavy atom. The van der Waals surface area contributed by atoms with E-state index in [1.165, 1.54) is 51.1 Å². The predicted octanol–water partition coefficient (Wildman–Crippen LogP) is 3.86. The number of thioether (sulfide) groups is 1. The smallest absolute Gasteiger partial charge is 0.0116 e. The second kappa shape index (κ2) is 7.70. The summed E-state index contributed by atoms with van der Waals surface area (Å²) in [6.45, 7) is 13.5. The molecule has 0 aromatic heterocycles. The van der Waals surface area contributed by atoms with E-state index in [4.69, 9.17) is 0 Å².